The molecule has 0 spiro atoms. The molecule has 1 aromatic heterocycles. The third-order valence-electron chi connectivity index (χ3n) is 5.32. The maximum atomic E-state index is 5.90. The summed E-state index contributed by atoms with van der Waals surface area (Å²) in [5.74, 6) is 0. The Labute approximate surface area is 166 Å². The van der Waals surface area contributed by atoms with E-state index in [0.717, 1.165) is 58.9 Å². The van der Waals surface area contributed by atoms with Gasteiger partial charge in [-0.2, -0.15) is 0 Å². The molecule has 0 N–H and O–H groups in total. The molecule has 4 rings (SSSR count). The van der Waals surface area contributed by atoms with Crippen LogP contribution in [0.5, 0.6) is 0 Å². The lowest BCUT2D eigenvalue weighted by molar-refractivity contribution is 0.0747. The van der Waals surface area contributed by atoms with Crippen molar-refractivity contribution in [2.24, 2.45) is 0 Å². The number of nitrogens with zero attached hydrogens (tertiary/aromatic N) is 2. The topological polar surface area (TPSA) is 15.7 Å². The van der Waals surface area contributed by atoms with Crippen LogP contribution in [0.25, 0.3) is 10.1 Å². The number of thiophene rings is 1. The van der Waals surface area contributed by atoms with Crippen LogP contribution in [0.1, 0.15) is 11.1 Å². The molecule has 3 nitrogen and oxygen atoms in total. The SMILES string of the molecule is c1ccc(CN2CCN(CCOCCc3ccc4sccc4c3)CC2)cc1. The first-order valence-corrected chi connectivity index (χ1v) is 10.8. The van der Waals surface area contributed by atoms with E-state index < -0.39 is 0 Å². The van der Waals surface area contributed by atoms with Crippen molar-refractivity contribution in [2.75, 3.05) is 45.9 Å². The molecular formula is C23H28N2OS. The Hall–Kier alpha value is -1.72. The van der Waals surface area contributed by atoms with Crippen molar-refractivity contribution < 1.29 is 4.74 Å². The Balaban J connectivity index is 1.10. The van der Waals surface area contributed by atoms with Crippen LogP contribution in [0.15, 0.2) is 60.0 Å². The van der Waals surface area contributed by atoms with Crippen molar-refractivity contribution >= 4 is 21.4 Å². The molecule has 0 unspecified atom stereocenters. The molecule has 1 saturated heterocycles. The molecule has 1 aliphatic heterocycles. The fourth-order valence-electron chi connectivity index (χ4n) is 3.67. The summed E-state index contributed by atoms with van der Waals surface area (Å²) < 4.78 is 7.27. The highest BCUT2D eigenvalue weighted by Crippen LogP contribution is 2.21. The average Bonchev–Trinajstić information content (AvgIpc) is 3.18. The zero-order chi connectivity index (χ0) is 18.3. The fraction of sp³-hybridized carbons (Fsp3) is 0.391. The molecule has 27 heavy (non-hydrogen) atoms. The Bertz CT molecular complexity index is 825. The maximum Gasteiger partial charge on any atom is 0.0593 e. The van der Waals surface area contributed by atoms with Crippen LogP contribution < -0.4 is 0 Å². The Kier molecular flexibility index (Phi) is 6.53. The predicted octanol–water partition coefficient (Wildman–Crippen LogP) is 4.28. The van der Waals surface area contributed by atoms with Gasteiger partial charge in [0.2, 0.25) is 0 Å². The van der Waals surface area contributed by atoms with Gasteiger partial charge >= 0.3 is 0 Å². The molecule has 0 amide bonds. The Morgan fingerprint density at radius 1 is 0.815 bits per heavy atom. The molecule has 1 aliphatic rings. The zero-order valence-corrected chi connectivity index (χ0v) is 16.7. The van der Waals surface area contributed by atoms with Crippen molar-refractivity contribution in [1.29, 1.82) is 0 Å². The third-order valence-corrected chi connectivity index (χ3v) is 6.22. The molecule has 0 saturated carbocycles. The molecule has 0 aliphatic carbocycles. The van der Waals surface area contributed by atoms with Gasteiger partial charge < -0.3 is 4.74 Å². The summed E-state index contributed by atoms with van der Waals surface area (Å²) in [7, 11) is 0. The van der Waals surface area contributed by atoms with Gasteiger partial charge in [-0.05, 0) is 40.4 Å². The van der Waals surface area contributed by atoms with Gasteiger partial charge in [0.1, 0.15) is 0 Å². The molecule has 0 radical (unpaired) electrons. The van der Waals surface area contributed by atoms with E-state index in [9.17, 15) is 0 Å². The summed E-state index contributed by atoms with van der Waals surface area (Å²) in [5.41, 5.74) is 2.78. The Morgan fingerprint density at radius 3 is 2.48 bits per heavy atom. The van der Waals surface area contributed by atoms with Crippen LogP contribution in [0, 0.1) is 0 Å². The van der Waals surface area contributed by atoms with Crippen LogP contribution in [0.4, 0.5) is 0 Å². The summed E-state index contributed by atoms with van der Waals surface area (Å²) in [6.45, 7) is 8.34. The quantitative estimate of drug-likeness (QED) is 0.543. The third kappa shape index (κ3) is 5.39. The lowest BCUT2D eigenvalue weighted by atomic mass is 10.1. The molecule has 142 valence electrons. The molecule has 2 heterocycles. The summed E-state index contributed by atoms with van der Waals surface area (Å²) in [5, 5.41) is 3.51. The fourth-order valence-corrected chi connectivity index (χ4v) is 4.44. The lowest BCUT2D eigenvalue weighted by Gasteiger charge is -2.34. The minimum atomic E-state index is 0.809. The Morgan fingerprint density at radius 2 is 1.63 bits per heavy atom. The second kappa shape index (κ2) is 9.47. The number of fused-ring (bicyclic) bond motifs is 1. The van der Waals surface area contributed by atoms with E-state index >= 15 is 0 Å². The molecule has 1 fully saturated rings. The largest absolute Gasteiger partial charge is 0.380 e. The maximum absolute atomic E-state index is 5.90. The van der Waals surface area contributed by atoms with Gasteiger partial charge in [0.15, 0.2) is 0 Å². The molecule has 0 atom stereocenters. The predicted molar refractivity (Wildman–Crippen MR) is 115 cm³/mol. The highest BCUT2D eigenvalue weighted by atomic mass is 32.1. The minimum Gasteiger partial charge on any atom is -0.380 e. The summed E-state index contributed by atoms with van der Waals surface area (Å²) in [6, 6.07) is 19.7. The van der Waals surface area contributed by atoms with E-state index in [0.29, 0.717) is 0 Å². The molecule has 2 aromatic carbocycles. The first-order chi connectivity index (χ1) is 13.4. The van der Waals surface area contributed by atoms with E-state index in [1.807, 2.05) is 0 Å². The molecular weight excluding hydrogens is 352 g/mol. The van der Waals surface area contributed by atoms with E-state index in [-0.39, 0.29) is 0 Å². The number of ether oxygens (including phenoxy) is 1. The van der Waals surface area contributed by atoms with Gasteiger partial charge in [-0.15, -0.1) is 11.3 Å². The van der Waals surface area contributed by atoms with Crippen LogP contribution in [-0.4, -0.2) is 55.7 Å². The smallest absolute Gasteiger partial charge is 0.0593 e. The lowest BCUT2D eigenvalue weighted by Crippen LogP contribution is -2.46. The van der Waals surface area contributed by atoms with Crippen molar-refractivity contribution in [3.8, 4) is 0 Å². The standard InChI is InChI=1S/C23H28N2OS/c1-2-4-21(5-3-1)19-25-12-10-24(11-13-25)14-16-26-15-8-20-6-7-23-22(18-20)9-17-27-23/h1-7,9,17-18H,8,10-16,19H2. The first kappa shape index (κ1) is 18.6. The summed E-state index contributed by atoms with van der Waals surface area (Å²) >= 11 is 1.80. The highest BCUT2D eigenvalue weighted by Gasteiger charge is 2.16. The van der Waals surface area contributed by atoms with Crippen molar-refractivity contribution in [3.63, 3.8) is 0 Å². The number of rotatable bonds is 8. The van der Waals surface area contributed by atoms with Gasteiger partial charge in [0.05, 0.1) is 13.2 Å². The van der Waals surface area contributed by atoms with Crippen molar-refractivity contribution in [3.05, 3.63) is 71.1 Å². The van der Waals surface area contributed by atoms with E-state index in [4.69, 9.17) is 4.74 Å². The van der Waals surface area contributed by atoms with E-state index in [2.05, 4.69) is 69.8 Å². The normalized spacial score (nSPS) is 16.1. The summed E-state index contributed by atoms with van der Waals surface area (Å²) in [4.78, 5) is 5.08. The highest BCUT2D eigenvalue weighted by molar-refractivity contribution is 7.17. The second-order valence-corrected chi connectivity index (χ2v) is 8.21. The van der Waals surface area contributed by atoms with Gasteiger partial charge in [-0.3, -0.25) is 9.80 Å². The molecule has 3 aromatic rings. The second-order valence-electron chi connectivity index (χ2n) is 7.26. The monoisotopic (exact) mass is 380 g/mol. The van der Waals surface area contributed by atoms with Crippen LogP contribution in [0.3, 0.4) is 0 Å². The van der Waals surface area contributed by atoms with Crippen LogP contribution >= 0.6 is 11.3 Å². The van der Waals surface area contributed by atoms with E-state index in [1.165, 1.54) is 21.2 Å². The van der Waals surface area contributed by atoms with Gasteiger partial charge in [-0.1, -0.05) is 42.5 Å². The minimum absolute atomic E-state index is 0.809. The van der Waals surface area contributed by atoms with Crippen molar-refractivity contribution in [1.82, 2.24) is 9.80 Å². The zero-order valence-electron chi connectivity index (χ0n) is 15.8. The van der Waals surface area contributed by atoms with Gasteiger partial charge in [0, 0.05) is 44.0 Å². The molecule has 0 bridgehead atoms. The number of benzene rings is 2. The van der Waals surface area contributed by atoms with Crippen molar-refractivity contribution in [2.45, 2.75) is 13.0 Å². The number of hydrogen-bond donors (Lipinski definition) is 0. The van der Waals surface area contributed by atoms with Gasteiger partial charge in [-0.25, -0.2) is 0 Å². The molecule has 4 heteroatoms. The number of piperazine rings is 1. The first-order valence-electron chi connectivity index (χ1n) is 9.89. The average molecular weight is 381 g/mol. The summed E-state index contributed by atoms with van der Waals surface area (Å²) in [6.07, 6.45) is 0.997. The van der Waals surface area contributed by atoms with Crippen LogP contribution in [-0.2, 0) is 17.7 Å². The van der Waals surface area contributed by atoms with E-state index in [1.54, 1.807) is 11.3 Å². The number of hydrogen-bond acceptors (Lipinski definition) is 4. The van der Waals surface area contributed by atoms with Crippen LogP contribution in [0.2, 0.25) is 0 Å². The van der Waals surface area contributed by atoms with Gasteiger partial charge in [0.25, 0.3) is 0 Å².